The summed E-state index contributed by atoms with van der Waals surface area (Å²) in [6, 6.07) is 10.5. The number of benzene rings is 2. The lowest BCUT2D eigenvalue weighted by Crippen LogP contribution is -2.04. The number of nitro benzene ring substituents is 1. The van der Waals surface area contributed by atoms with Crippen molar-refractivity contribution in [2.75, 3.05) is 5.32 Å². The van der Waals surface area contributed by atoms with Gasteiger partial charge in [0.05, 0.1) is 9.95 Å². The van der Waals surface area contributed by atoms with Gasteiger partial charge in [-0.25, -0.2) is 0 Å². The van der Waals surface area contributed by atoms with Gasteiger partial charge in [0.15, 0.2) is 0 Å². The van der Waals surface area contributed by atoms with Crippen LogP contribution >= 0.6 is 11.6 Å². The van der Waals surface area contributed by atoms with Gasteiger partial charge in [0, 0.05) is 23.9 Å². The molecule has 5 nitrogen and oxygen atoms in total. The summed E-state index contributed by atoms with van der Waals surface area (Å²) >= 11 is 5.83. The summed E-state index contributed by atoms with van der Waals surface area (Å²) in [4.78, 5) is 10.4. The van der Waals surface area contributed by atoms with Crippen LogP contribution in [0.1, 0.15) is 5.56 Å². The number of nitro groups is 1. The fourth-order valence-electron chi connectivity index (χ4n) is 1.84. The molecule has 0 saturated carbocycles. The van der Waals surface area contributed by atoms with E-state index >= 15 is 0 Å². The maximum Gasteiger partial charge on any atom is 0.387 e. The Morgan fingerprint density at radius 2 is 2.00 bits per heavy atom. The zero-order chi connectivity index (χ0) is 16.1. The molecule has 2 aromatic carbocycles. The third-order valence-corrected chi connectivity index (χ3v) is 3.11. The number of halogens is 3. The fourth-order valence-corrected chi connectivity index (χ4v) is 2.06. The average molecular weight is 329 g/mol. The lowest BCUT2D eigenvalue weighted by Gasteiger charge is -2.10. The molecule has 0 spiro atoms. The van der Waals surface area contributed by atoms with Crippen molar-refractivity contribution in [3.63, 3.8) is 0 Å². The van der Waals surface area contributed by atoms with Crippen LogP contribution in [0.4, 0.5) is 20.2 Å². The van der Waals surface area contributed by atoms with E-state index in [-0.39, 0.29) is 23.0 Å². The number of ether oxygens (including phenoxy) is 1. The van der Waals surface area contributed by atoms with Crippen molar-refractivity contribution < 1.29 is 18.4 Å². The van der Waals surface area contributed by atoms with E-state index in [1.807, 2.05) is 0 Å². The second-order valence-electron chi connectivity index (χ2n) is 4.26. The zero-order valence-corrected chi connectivity index (χ0v) is 11.9. The number of nitrogens with one attached hydrogen (secondary N) is 1. The maximum absolute atomic E-state index is 12.1. The summed E-state index contributed by atoms with van der Waals surface area (Å²) in [5, 5.41) is 13.9. The second kappa shape index (κ2) is 7.04. The second-order valence-corrected chi connectivity index (χ2v) is 4.67. The highest BCUT2D eigenvalue weighted by atomic mass is 35.5. The smallest absolute Gasteiger partial charge is 0.387 e. The van der Waals surface area contributed by atoms with Gasteiger partial charge in [-0.15, -0.1) is 0 Å². The van der Waals surface area contributed by atoms with Gasteiger partial charge >= 0.3 is 6.61 Å². The third-order valence-electron chi connectivity index (χ3n) is 2.82. The molecule has 0 saturated heterocycles. The van der Waals surface area contributed by atoms with Crippen molar-refractivity contribution in [3.8, 4) is 5.75 Å². The minimum absolute atomic E-state index is 0.00116. The highest BCUT2D eigenvalue weighted by Gasteiger charge is 2.12. The van der Waals surface area contributed by atoms with Crippen LogP contribution in [0.2, 0.25) is 5.02 Å². The Morgan fingerprint density at radius 3 is 2.64 bits per heavy atom. The molecule has 2 aromatic rings. The maximum atomic E-state index is 12.1. The number of hydrogen-bond acceptors (Lipinski definition) is 4. The third kappa shape index (κ3) is 4.05. The number of para-hydroxylation sites is 1. The van der Waals surface area contributed by atoms with Gasteiger partial charge in [-0.1, -0.05) is 29.8 Å². The topological polar surface area (TPSA) is 64.4 Å². The van der Waals surface area contributed by atoms with Crippen LogP contribution < -0.4 is 10.1 Å². The minimum atomic E-state index is -2.96. The SMILES string of the molecule is O=[N+]([O-])c1ccccc1CNc1ccc(OC(F)F)c(Cl)c1. The molecule has 1 N–H and O–H groups in total. The summed E-state index contributed by atoms with van der Waals surface area (Å²) < 4.78 is 28.5. The van der Waals surface area contributed by atoms with Crippen molar-refractivity contribution in [1.29, 1.82) is 0 Å². The van der Waals surface area contributed by atoms with E-state index in [1.54, 1.807) is 18.2 Å². The molecule has 0 heterocycles. The van der Waals surface area contributed by atoms with E-state index in [2.05, 4.69) is 10.1 Å². The summed E-state index contributed by atoms with van der Waals surface area (Å²) in [6.45, 7) is -2.76. The Kier molecular flexibility index (Phi) is 5.11. The summed E-state index contributed by atoms with van der Waals surface area (Å²) in [5.74, 6) is -0.132. The molecule has 8 heteroatoms. The van der Waals surface area contributed by atoms with Crippen molar-refractivity contribution in [2.24, 2.45) is 0 Å². The molecule has 0 unspecified atom stereocenters. The lowest BCUT2D eigenvalue weighted by molar-refractivity contribution is -0.385. The highest BCUT2D eigenvalue weighted by Crippen LogP contribution is 2.29. The van der Waals surface area contributed by atoms with Gasteiger partial charge in [-0.05, 0) is 18.2 Å². The van der Waals surface area contributed by atoms with Gasteiger partial charge in [0.1, 0.15) is 5.75 Å². The molecular formula is C14H11ClF2N2O3. The molecule has 0 amide bonds. The van der Waals surface area contributed by atoms with Gasteiger partial charge in [0.2, 0.25) is 0 Å². The van der Waals surface area contributed by atoms with Gasteiger partial charge in [-0.2, -0.15) is 8.78 Å². The van der Waals surface area contributed by atoms with Crippen LogP contribution in [0.5, 0.6) is 5.75 Å². The zero-order valence-electron chi connectivity index (χ0n) is 11.1. The van der Waals surface area contributed by atoms with Crippen LogP contribution in [-0.2, 0) is 6.54 Å². The Labute approximate surface area is 129 Å². The number of hydrogen-bond donors (Lipinski definition) is 1. The number of anilines is 1. The molecule has 116 valence electrons. The average Bonchev–Trinajstić information content (AvgIpc) is 2.47. The van der Waals surface area contributed by atoms with Crippen LogP contribution in [0.15, 0.2) is 42.5 Å². The van der Waals surface area contributed by atoms with E-state index in [4.69, 9.17) is 11.6 Å². The molecular weight excluding hydrogens is 318 g/mol. The Balaban J connectivity index is 2.09. The van der Waals surface area contributed by atoms with E-state index in [9.17, 15) is 18.9 Å². The van der Waals surface area contributed by atoms with Crippen LogP contribution in [-0.4, -0.2) is 11.5 Å². The first kappa shape index (κ1) is 16.0. The Bertz CT molecular complexity index is 683. The molecule has 22 heavy (non-hydrogen) atoms. The number of nitrogens with zero attached hydrogens (tertiary/aromatic N) is 1. The predicted molar refractivity (Wildman–Crippen MR) is 78.5 cm³/mol. The summed E-state index contributed by atoms with van der Waals surface area (Å²) in [5.41, 5.74) is 1.03. The number of rotatable bonds is 6. The summed E-state index contributed by atoms with van der Waals surface area (Å²) in [7, 11) is 0. The molecule has 0 fully saturated rings. The van der Waals surface area contributed by atoms with Gasteiger partial charge < -0.3 is 10.1 Å². The first-order valence-electron chi connectivity index (χ1n) is 6.18. The van der Waals surface area contributed by atoms with E-state index in [0.717, 1.165) is 0 Å². The quantitative estimate of drug-likeness (QED) is 0.628. The molecule has 0 aliphatic rings. The minimum Gasteiger partial charge on any atom is -0.433 e. The Morgan fingerprint density at radius 1 is 1.27 bits per heavy atom. The van der Waals surface area contributed by atoms with Crippen LogP contribution in [0, 0.1) is 10.1 Å². The normalized spacial score (nSPS) is 10.5. The van der Waals surface area contributed by atoms with E-state index < -0.39 is 11.5 Å². The highest BCUT2D eigenvalue weighted by molar-refractivity contribution is 6.32. The Hall–Kier alpha value is -2.41. The molecule has 0 bridgehead atoms. The molecule has 0 aliphatic heterocycles. The molecule has 0 atom stereocenters. The van der Waals surface area contributed by atoms with Crippen molar-refractivity contribution >= 4 is 23.0 Å². The van der Waals surface area contributed by atoms with Crippen molar-refractivity contribution in [2.45, 2.75) is 13.2 Å². The van der Waals surface area contributed by atoms with E-state index in [1.165, 1.54) is 24.3 Å². The molecule has 0 aromatic heterocycles. The monoisotopic (exact) mass is 328 g/mol. The van der Waals surface area contributed by atoms with Crippen molar-refractivity contribution in [1.82, 2.24) is 0 Å². The standard InChI is InChI=1S/C14H11ClF2N2O3/c15-11-7-10(5-6-13(11)22-14(16)17)18-8-9-3-1-2-4-12(9)19(20)21/h1-7,14,18H,8H2. The van der Waals surface area contributed by atoms with Crippen LogP contribution in [0.25, 0.3) is 0 Å². The fraction of sp³-hybridized carbons (Fsp3) is 0.143. The first-order chi connectivity index (χ1) is 10.5. The van der Waals surface area contributed by atoms with Gasteiger partial charge in [0.25, 0.3) is 5.69 Å². The molecule has 0 aliphatic carbocycles. The summed E-state index contributed by atoms with van der Waals surface area (Å²) in [6.07, 6.45) is 0. The number of alkyl halides is 2. The van der Waals surface area contributed by atoms with E-state index in [0.29, 0.717) is 11.3 Å². The first-order valence-corrected chi connectivity index (χ1v) is 6.55. The van der Waals surface area contributed by atoms with Crippen molar-refractivity contribution in [3.05, 3.63) is 63.2 Å². The predicted octanol–water partition coefficient (Wildman–Crippen LogP) is 4.46. The lowest BCUT2D eigenvalue weighted by atomic mass is 10.2. The largest absolute Gasteiger partial charge is 0.433 e. The molecule has 0 radical (unpaired) electrons. The van der Waals surface area contributed by atoms with Gasteiger partial charge in [-0.3, -0.25) is 10.1 Å². The molecule has 2 rings (SSSR count). The van der Waals surface area contributed by atoms with Crippen LogP contribution in [0.3, 0.4) is 0 Å².